The summed E-state index contributed by atoms with van der Waals surface area (Å²) >= 11 is 1.09. The number of thioether (sulfide) groups is 1. The van der Waals surface area contributed by atoms with Crippen LogP contribution in [0, 0.1) is 6.92 Å². The molecule has 1 amide bonds. The van der Waals surface area contributed by atoms with Gasteiger partial charge in [-0.3, -0.25) is 9.48 Å². The van der Waals surface area contributed by atoms with Gasteiger partial charge in [0.25, 0.3) is 5.22 Å². The number of hydrogen-bond donors (Lipinski definition) is 1. The molecule has 1 N–H and O–H groups in total. The third-order valence-electron chi connectivity index (χ3n) is 3.35. The predicted molar refractivity (Wildman–Crippen MR) is 92.8 cm³/mol. The Hall–Kier alpha value is -2.95. The molecule has 0 aliphatic rings. The Bertz CT molecular complexity index is 898. The van der Waals surface area contributed by atoms with Gasteiger partial charge in [-0.05, 0) is 37.3 Å². The zero-order chi connectivity index (χ0) is 19.2. The van der Waals surface area contributed by atoms with Crippen LogP contribution in [-0.2, 0) is 11.3 Å². The SMILES string of the molecule is Cc1ccnn1Cc1nnc(SCC(=O)Nc2ccc(OC(F)F)cc2)o1. The summed E-state index contributed by atoms with van der Waals surface area (Å²) in [5, 5.41) is 14.8. The van der Waals surface area contributed by atoms with Crippen molar-refractivity contribution in [3.63, 3.8) is 0 Å². The molecule has 0 spiro atoms. The molecule has 0 fully saturated rings. The lowest BCUT2D eigenvalue weighted by atomic mass is 10.3. The van der Waals surface area contributed by atoms with Crippen LogP contribution in [0.15, 0.2) is 46.2 Å². The van der Waals surface area contributed by atoms with Crippen molar-refractivity contribution in [2.24, 2.45) is 0 Å². The normalized spacial score (nSPS) is 11.0. The summed E-state index contributed by atoms with van der Waals surface area (Å²) < 4.78 is 35.6. The largest absolute Gasteiger partial charge is 0.435 e. The fourth-order valence-corrected chi connectivity index (χ4v) is 2.68. The molecule has 1 aromatic carbocycles. The van der Waals surface area contributed by atoms with Gasteiger partial charge in [0.15, 0.2) is 0 Å². The van der Waals surface area contributed by atoms with E-state index < -0.39 is 6.61 Å². The van der Waals surface area contributed by atoms with Gasteiger partial charge in [-0.25, -0.2) is 0 Å². The van der Waals surface area contributed by atoms with E-state index in [9.17, 15) is 13.6 Å². The summed E-state index contributed by atoms with van der Waals surface area (Å²) in [7, 11) is 0. The molecule has 0 bridgehead atoms. The summed E-state index contributed by atoms with van der Waals surface area (Å²) in [6.45, 7) is -0.625. The van der Waals surface area contributed by atoms with Crippen LogP contribution in [0.25, 0.3) is 0 Å². The maximum Gasteiger partial charge on any atom is 0.387 e. The van der Waals surface area contributed by atoms with E-state index in [4.69, 9.17) is 4.42 Å². The highest BCUT2D eigenvalue weighted by Crippen LogP contribution is 2.20. The van der Waals surface area contributed by atoms with Crippen LogP contribution < -0.4 is 10.1 Å². The number of hydrogen-bond acceptors (Lipinski definition) is 7. The average molecular weight is 395 g/mol. The van der Waals surface area contributed by atoms with Gasteiger partial charge in [-0.15, -0.1) is 10.2 Å². The van der Waals surface area contributed by atoms with Crippen LogP contribution in [0.2, 0.25) is 0 Å². The van der Waals surface area contributed by atoms with E-state index in [1.807, 2.05) is 13.0 Å². The van der Waals surface area contributed by atoms with Gasteiger partial charge in [-0.2, -0.15) is 13.9 Å². The molecule has 8 nitrogen and oxygen atoms in total. The van der Waals surface area contributed by atoms with Crippen LogP contribution in [-0.4, -0.2) is 38.2 Å². The van der Waals surface area contributed by atoms with Crippen molar-refractivity contribution in [1.29, 1.82) is 0 Å². The zero-order valence-corrected chi connectivity index (χ0v) is 14.9. The number of anilines is 1. The molecule has 0 unspecified atom stereocenters. The van der Waals surface area contributed by atoms with Gasteiger partial charge < -0.3 is 14.5 Å². The van der Waals surface area contributed by atoms with E-state index >= 15 is 0 Å². The smallest absolute Gasteiger partial charge is 0.387 e. The highest BCUT2D eigenvalue weighted by atomic mass is 32.2. The lowest BCUT2D eigenvalue weighted by Crippen LogP contribution is -2.14. The molecule has 0 atom stereocenters. The first-order chi connectivity index (χ1) is 13.0. The second-order valence-corrected chi connectivity index (χ2v) is 6.26. The fourth-order valence-electron chi connectivity index (χ4n) is 2.10. The van der Waals surface area contributed by atoms with Gasteiger partial charge in [-0.1, -0.05) is 11.8 Å². The number of benzene rings is 1. The molecule has 2 heterocycles. The number of alkyl halides is 2. The summed E-state index contributed by atoms with van der Waals surface area (Å²) in [4.78, 5) is 12.0. The lowest BCUT2D eigenvalue weighted by Gasteiger charge is -2.07. The van der Waals surface area contributed by atoms with Gasteiger partial charge in [0.2, 0.25) is 11.8 Å². The number of nitrogens with one attached hydrogen (secondary N) is 1. The topological polar surface area (TPSA) is 95.1 Å². The molecule has 2 aromatic heterocycles. The van der Waals surface area contributed by atoms with Crippen molar-refractivity contribution in [1.82, 2.24) is 20.0 Å². The first-order valence-electron chi connectivity index (χ1n) is 7.78. The molecule has 27 heavy (non-hydrogen) atoms. The Morgan fingerprint density at radius 1 is 1.30 bits per heavy atom. The monoisotopic (exact) mass is 395 g/mol. The predicted octanol–water partition coefficient (Wildman–Crippen LogP) is 2.96. The quantitative estimate of drug-likeness (QED) is 0.586. The second-order valence-electron chi connectivity index (χ2n) is 5.33. The number of ether oxygens (including phenoxy) is 1. The lowest BCUT2D eigenvalue weighted by molar-refractivity contribution is -0.113. The van der Waals surface area contributed by atoms with E-state index in [-0.39, 0.29) is 22.6 Å². The van der Waals surface area contributed by atoms with Crippen LogP contribution in [0.1, 0.15) is 11.6 Å². The van der Waals surface area contributed by atoms with Crippen LogP contribution in [0.4, 0.5) is 14.5 Å². The third kappa shape index (κ3) is 5.51. The van der Waals surface area contributed by atoms with Crippen molar-refractivity contribution < 1.29 is 22.7 Å². The number of amides is 1. The van der Waals surface area contributed by atoms with Crippen LogP contribution in [0.5, 0.6) is 5.75 Å². The van der Waals surface area contributed by atoms with Crippen molar-refractivity contribution >= 4 is 23.4 Å². The van der Waals surface area contributed by atoms with Crippen LogP contribution >= 0.6 is 11.8 Å². The molecular formula is C16H15F2N5O3S. The fraction of sp³-hybridized carbons (Fsp3) is 0.250. The minimum atomic E-state index is -2.89. The van der Waals surface area contributed by atoms with E-state index in [1.165, 1.54) is 24.3 Å². The van der Waals surface area contributed by atoms with Gasteiger partial charge in [0.1, 0.15) is 12.3 Å². The summed E-state index contributed by atoms with van der Waals surface area (Å²) in [6.07, 6.45) is 1.68. The highest BCUT2D eigenvalue weighted by molar-refractivity contribution is 7.99. The molecule has 0 saturated carbocycles. The van der Waals surface area contributed by atoms with E-state index in [0.29, 0.717) is 18.1 Å². The van der Waals surface area contributed by atoms with Crippen LogP contribution in [0.3, 0.4) is 0 Å². The van der Waals surface area contributed by atoms with E-state index in [2.05, 4.69) is 25.3 Å². The van der Waals surface area contributed by atoms with Gasteiger partial charge >= 0.3 is 6.61 Å². The number of carbonyl (C=O) groups excluding carboxylic acids is 1. The van der Waals surface area contributed by atoms with E-state index in [1.54, 1.807) is 10.9 Å². The first kappa shape index (κ1) is 18.8. The van der Waals surface area contributed by atoms with Crippen molar-refractivity contribution in [2.75, 3.05) is 11.1 Å². The zero-order valence-electron chi connectivity index (χ0n) is 14.1. The molecule has 0 aliphatic carbocycles. The van der Waals surface area contributed by atoms with Crippen molar-refractivity contribution in [2.45, 2.75) is 25.3 Å². The van der Waals surface area contributed by atoms with Gasteiger partial charge in [0.05, 0.1) is 5.75 Å². The van der Waals surface area contributed by atoms with Crippen molar-refractivity contribution in [3.05, 3.63) is 48.1 Å². The van der Waals surface area contributed by atoms with E-state index in [0.717, 1.165) is 17.5 Å². The third-order valence-corrected chi connectivity index (χ3v) is 4.17. The molecular weight excluding hydrogens is 380 g/mol. The highest BCUT2D eigenvalue weighted by Gasteiger charge is 2.11. The summed E-state index contributed by atoms with van der Waals surface area (Å²) in [5.74, 6) is 0.158. The Balaban J connectivity index is 1.47. The number of aromatic nitrogens is 4. The molecule has 3 aromatic rings. The molecule has 11 heteroatoms. The number of rotatable bonds is 8. The Labute approximate surface area is 156 Å². The number of carbonyl (C=O) groups is 1. The Kier molecular flexibility index (Phi) is 6.01. The first-order valence-corrected chi connectivity index (χ1v) is 8.76. The minimum absolute atomic E-state index is 0.0168. The molecule has 3 rings (SSSR count). The second kappa shape index (κ2) is 8.62. The average Bonchev–Trinajstić information content (AvgIpc) is 3.24. The number of aryl methyl sites for hydroxylation is 1. The maximum atomic E-state index is 12.1. The van der Waals surface area contributed by atoms with Gasteiger partial charge in [0, 0.05) is 17.6 Å². The summed E-state index contributed by atoms with van der Waals surface area (Å²) in [5.41, 5.74) is 1.43. The number of halogens is 2. The number of nitrogens with zero attached hydrogens (tertiary/aromatic N) is 4. The minimum Gasteiger partial charge on any atom is -0.435 e. The standard InChI is InChI=1S/C16H15F2N5O3S/c1-10-6-7-19-23(10)8-14-21-22-16(26-14)27-9-13(24)20-11-2-4-12(5-3-11)25-15(17)18/h2-7,15H,8-9H2,1H3,(H,20,24). The summed E-state index contributed by atoms with van der Waals surface area (Å²) in [6, 6.07) is 7.49. The maximum absolute atomic E-state index is 12.1. The molecule has 0 aliphatic heterocycles. The Morgan fingerprint density at radius 3 is 2.74 bits per heavy atom. The van der Waals surface area contributed by atoms with Crippen molar-refractivity contribution in [3.8, 4) is 5.75 Å². The molecule has 0 saturated heterocycles. The Morgan fingerprint density at radius 2 is 2.07 bits per heavy atom. The molecule has 0 radical (unpaired) electrons. The molecule has 142 valence electrons.